The van der Waals surface area contributed by atoms with Crippen LogP contribution in [0.4, 0.5) is 5.69 Å². The van der Waals surface area contributed by atoms with E-state index in [1.807, 2.05) is 49.0 Å². The van der Waals surface area contributed by atoms with Gasteiger partial charge in [0.1, 0.15) is 0 Å². The Morgan fingerprint density at radius 1 is 1.21 bits per heavy atom. The number of anilines is 1. The van der Waals surface area contributed by atoms with E-state index in [2.05, 4.69) is 5.10 Å². The molecular formula is C11H13N3. The molecule has 2 N–H and O–H groups in total. The first-order chi connectivity index (χ1) is 6.66. The minimum atomic E-state index is 0.802. The number of benzene rings is 1. The van der Waals surface area contributed by atoms with Crippen LogP contribution >= 0.6 is 0 Å². The summed E-state index contributed by atoms with van der Waals surface area (Å²) < 4.78 is 1.82. The number of hydrogen-bond acceptors (Lipinski definition) is 2. The van der Waals surface area contributed by atoms with Gasteiger partial charge in [0.25, 0.3) is 0 Å². The zero-order valence-corrected chi connectivity index (χ0v) is 8.36. The number of hydrogen-bond donors (Lipinski definition) is 1. The maximum Gasteiger partial charge on any atom is 0.0666 e. The third-order valence-electron chi connectivity index (χ3n) is 2.25. The van der Waals surface area contributed by atoms with Crippen LogP contribution in [0.2, 0.25) is 0 Å². The highest BCUT2D eigenvalue weighted by Gasteiger charge is 1.99. The van der Waals surface area contributed by atoms with E-state index in [4.69, 9.17) is 5.73 Å². The molecular weight excluding hydrogens is 174 g/mol. The van der Waals surface area contributed by atoms with Gasteiger partial charge in [0.2, 0.25) is 0 Å². The third-order valence-corrected chi connectivity index (χ3v) is 2.25. The van der Waals surface area contributed by atoms with Crippen LogP contribution in [0.1, 0.15) is 11.3 Å². The molecule has 14 heavy (non-hydrogen) atoms. The topological polar surface area (TPSA) is 43.8 Å². The minimum Gasteiger partial charge on any atom is -0.398 e. The van der Waals surface area contributed by atoms with Crippen molar-refractivity contribution in [1.82, 2.24) is 9.78 Å². The van der Waals surface area contributed by atoms with Gasteiger partial charge in [-0.2, -0.15) is 5.10 Å². The zero-order chi connectivity index (χ0) is 10.1. The van der Waals surface area contributed by atoms with E-state index < -0.39 is 0 Å². The van der Waals surface area contributed by atoms with Crippen molar-refractivity contribution in [1.29, 1.82) is 0 Å². The van der Waals surface area contributed by atoms with E-state index in [1.165, 1.54) is 0 Å². The molecule has 0 fully saturated rings. The lowest BCUT2D eigenvalue weighted by atomic mass is 10.2. The van der Waals surface area contributed by atoms with Crippen molar-refractivity contribution in [2.45, 2.75) is 13.8 Å². The van der Waals surface area contributed by atoms with Crippen molar-refractivity contribution in [2.24, 2.45) is 0 Å². The number of nitrogen functional groups attached to an aromatic ring is 1. The second-order valence-electron chi connectivity index (χ2n) is 3.44. The Hall–Kier alpha value is -1.77. The number of rotatable bonds is 1. The van der Waals surface area contributed by atoms with Gasteiger partial charge in [-0.1, -0.05) is 6.07 Å². The number of nitrogens with two attached hydrogens (primary N) is 1. The number of aromatic nitrogens is 2. The highest BCUT2D eigenvalue weighted by molar-refractivity contribution is 5.53. The van der Waals surface area contributed by atoms with Crippen LogP contribution in [0.3, 0.4) is 0 Å². The third kappa shape index (κ3) is 1.48. The molecule has 0 spiro atoms. The monoisotopic (exact) mass is 187 g/mol. The normalized spacial score (nSPS) is 10.4. The first kappa shape index (κ1) is 8.81. The molecule has 1 aromatic carbocycles. The molecule has 3 nitrogen and oxygen atoms in total. The Bertz CT molecular complexity index is 457. The van der Waals surface area contributed by atoms with Gasteiger partial charge in [-0.25, -0.2) is 4.68 Å². The molecule has 0 amide bonds. The van der Waals surface area contributed by atoms with Gasteiger partial charge < -0.3 is 5.73 Å². The molecule has 0 unspecified atom stereocenters. The van der Waals surface area contributed by atoms with Crippen molar-refractivity contribution < 1.29 is 0 Å². The highest BCUT2D eigenvalue weighted by Crippen LogP contribution is 2.15. The molecule has 0 atom stereocenters. The average Bonchev–Trinajstić information content (AvgIpc) is 2.57. The molecule has 0 saturated carbocycles. The molecule has 3 heteroatoms. The summed E-state index contributed by atoms with van der Waals surface area (Å²) >= 11 is 0. The molecule has 72 valence electrons. The number of aryl methyl sites for hydroxylation is 2. The van der Waals surface area contributed by atoms with Crippen LogP contribution in [0, 0.1) is 13.8 Å². The standard InChI is InChI=1S/C11H13N3/c1-8-3-4-10(7-11(8)12)14-6-5-9(2)13-14/h3-7H,12H2,1-2H3. The lowest BCUT2D eigenvalue weighted by Crippen LogP contribution is -1.97. The Kier molecular flexibility index (Phi) is 2.00. The Balaban J connectivity index is 2.47. The van der Waals surface area contributed by atoms with E-state index in [-0.39, 0.29) is 0 Å². The zero-order valence-electron chi connectivity index (χ0n) is 8.36. The smallest absolute Gasteiger partial charge is 0.0666 e. The fraction of sp³-hybridized carbons (Fsp3) is 0.182. The van der Waals surface area contributed by atoms with Crippen molar-refractivity contribution in [3.63, 3.8) is 0 Å². The summed E-state index contributed by atoms with van der Waals surface area (Å²) in [5.74, 6) is 0. The van der Waals surface area contributed by atoms with E-state index >= 15 is 0 Å². The van der Waals surface area contributed by atoms with Gasteiger partial charge in [-0.05, 0) is 37.6 Å². The van der Waals surface area contributed by atoms with Crippen molar-refractivity contribution in [2.75, 3.05) is 5.73 Å². The fourth-order valence-corrected chi connectivity index (χ4v) is 1.33. The fourth-order valence-electron chi connectivity index (χ4n) is 1.33. The van der Waals surface area contributed by atoms with Gasteiger partial charge in [0.15, 0.2) is 0 Å². The second-order valence-corrected chi connectivity index (χ2v) is 3.44. The Labute approximate surface area is 83.2 Å². The molecule has 0 aliphatic carbocycles. The van der Waals surface area contributed by atoms with Gasteiger partial charge in [-0.3, -0.25) is 0 Å². The Morgan fingerprint density at radius 2 is 2.00 bits per heavy atom. The molecule has 2 aromatic rings. The van der Waals surface area contributed by atoms with E-state index in [0.717, 1.165) is 22.6 Å². The maximum absolute atomic E-state index is 5.82. The first-order valence-electron chi connectivity index (χ1n) is 4.55. The largest absolute Gasteiger partial charge is 0.398 e. The van der Waals surface area contributed by atoms with Crippen molar-refractivity contribution in [3.8, 4) is 5.69 Å². The summed E-state index contributed by atoms with van der Waals surface area (Å²) in [6.07, 6.45) is 1.93. The number of nitrogens with zero attached hydrogens (tertiary/aromatic N) is 2. The van der Waals surface area contributed by atoms with E-state index in [1.54, 1.807) is 0 Å². The molecule has 0 aliphatic heterocycles. The summed E-state index contributed by atoms with van der Waals surface area (Å²) in [5.41, 5.74) is 9.73. The summed E-state index contributed by atoms with van der Waals surface area (Å²) in [6, 6.07) is 7.91. The van der Waals surface area contributed by atoms with Crippen LogP contribution in [-0.2, 0) is 0 Å². The van der Waals surface area contributed by atoms with Gasteiger partial charge in [0, 0.05) is 11.9 Å². The average molecular weight is 187 g/mol. The quantitative estimate of drug-likeness (QED) is 0.694. The highest BCUT2D eigenvalue weighted by atomic mass is 15.3. The van der Waals surface area contributed by atoms with Crippen LogP contribution in [0.5, 0.6) is 0 Å². The maximum atomic E-state index is 5.82. The predicted molar refractivity (Wildman–Crippen MR) is 57.5 cm³/mol. The molecule has 1 aromatic heterocycles. The first-order valence-corrected chi connectivity index (χ1v) is 4.55. The summed E-state index contributed by atoms with van der Waals surface area (Å²) in [7, 11) is 0. The molecule has 0 aliphatic rings. The summed E-state index contributed by atoms with van der Waals surface area (Å²) in [6.45, 7) is 3.96. The molecule has 2 rings (SSSR count). The summed E-state index contributed by atoms with van der Waals surface area (Å²) in [4.78, 5) is 0. The van der Waals surface area contributed by atoms with E-state index in [9.17, 15) is 0 Å². The molecule has 1 heterocycles. The SMILES string of the molecule is Cc1ccn(-c2ccc(C)c(N)c2)n1. The van der Waals surface area contributed by atoms with Crippen molar-refractivity contribution >= 4 is 5.69 Å². The van der Waals surface area contributed by atoms with E-state index in [0.29, 0.717) is 0 Å². The van der Waals surface area contributed by atoms with Crippen LogP contribution in [-0.4, -0.2) is 9.78 Å². The van der Waals surface area contributed by atoms with Gasteiger partial charge in [0.05, 0.1) is 11.4 Å². The lowest BCUT2D eigenvalue weighted by Gasteiger charge is -2.04. The summed E-state index contributed by atoms with van der Waals surface area (Å²) in [5, 5.41) is 4.31. The van der Waals surface area contributed by atoms with Crippen LogP contribution in [0.25, 0.3) is 5.69 Å². The van der Waals surface area contributed by atoms with Crippen LogP contribution < -0.4 is 5.73 Å². The lowest BCUT2D eigenvalue weighted by molar-refractivity contribution is 0.862. The van der Waals surface area contributed by atoms with Gasteiger partial charge in [-0.15, -0.1) is 0 Å². The van der Waals surface area contributed by atoms with Crippen LogP contribution in [0.15, 0.2) is 30.5 Å². The predicted octanol–water partition coefficient (Wildman–Crippen LogP) is 2.07. The molecule has 0 radical (unpaired) electrons. The Morgan fingerprint density at radius 3 is 2.57 bits per heavy atom. The minimum absolute atomic E-state index is 0.802. The molecule has 0 bridgehead atoms. The second kappa shape index (κ2) is 3.18. The van der Waals surface area contributed by atoms with Gasteiger partial charge >= 0.3 is 0 Å². The van der Waals surface area contributed by atoms with Crippen molar-refractivity contribution in [3.05, 3.63) is 41.7 Å². The molecule has 0 saturated heterocycles.